The Hall–Kier alpha value is -0.460. The first-order chi connectivity index (χ1) is 5.03. The van der Waals surface area contributed by atoms with Crippen LogP contribution >= 0.6 is 0 Å². The smallest absolute Gasteiger partial charge is 0.0923 e. The molecule has 0 heterocycles. The molecule has 1 atom stereocenters. The highest BCUT2D eigenvalue weighted by Gasteiger charge is 2.26. The number of hydrogen-bond acceptors (Lipinski definition) is 1. The minimum absolute atomic E-state index is 0.430. The highest BCUT2D eigenvalue weighted by atomic mass is 16.5. The van der Waals surface area contributed by atoms with Crippen LogP contribution in [0.25, 0.3) is 0 Å². The zero-order valence-corrected chi connectivity index (χ0v) is 7.98. The minimum Gasteiger partial charge on any atom is -0.501 e. The van der Waals surface area contributed by atoms with E-state index in [9.17, 15) is 0 Å². The van der Waals surface area contributed by atoms with Crippen molar-refractivity contribution in [1.29, 1.82) is 0 Å². The molecule has 0 aliphatic heterocycles. The second-order valence-corrected chi connectivity index (χ2v) is 4.36. The van der Waals surface area contributed by atoms with Crippen LogP contribution in [0.5, 0.6) is 0 Å². The van der Waals surface area contributed by atoms with E-state index >= 15 is 0 Å². The molecule has 0 saturated heterocycles. The Morgan fingerprint density at radius 2 is 2.18 bits per heavy atom. The van der Waals surface area contributed by atoms with Gasteiger partial charge >= 0.3 is 0 Å². The lowest BCUT2D eigenvalue weighted by molar-refractivity contribution is 0.185. The Bertz CT molecular complexity index is 168. The molecule has 0 aromatic carbocycles. The predicted octanol–water partition coefficient (Wildman–Crippen LogP) is 2.97. The second-order valence-electron chi connectivity index (χ2n) is 4.36. The molecule has 0 radical (unpaired) electrons. The molecule has 0 spiro atoms. The maximum absolute atomic E-state index is 5.26. The molecule has 11 heavy (non-hydrogen) atoms. The summed E-state index contributed by atoms with van der Waals surface area (Å²) in [5.41, 5.74) is 0.430. The summed E-state index contributed by atoms with van der Waals surface area (Å²) in [6, 6.07) is 0. The third kappa shape index (κ3) is 2.25. The van der Waals surface area contributed by atoms with Crippen LogP contribution in [-0.2, 0) is 4.74 Å². The van der Waals surface area contributed by atoms with Gasteiger partial charge in [0, 0.05) is 6.42 Å². The first-order valence-electron chi connectivity index (χ1n) is 4.28. The Morgan fingerprint density at radius 1 is 1.55 bits per heavy atom. The average Bonchev–Trinajstić information content (AvgIpc) is 1.83. The molecule has 0 amide bonds. The third-order valence-corrected chi connectivity index (χ3v) is 2.26. The molecule has 0 bridgehead atoms. The van der Waals surface area contributed by atoms with Crippen LogP contribution in [0.3, 0.4) is 0 Å². The number of methoxy groups -OCH3 is 1. The average molecular weight is 154 g/mol. The van der Waals surface area contributed by atoms with Gasteiger partial charge in [0.15, 0.2) is 0 Å². The Kier molecular flexibility index (Phi) is 2.26. The topological polar surface area (TPSA) is 9.23 Å². The van der Waals surface area contributed by atoms with Crippen molar-refractivity contribution in [2.45, 2.75) is 33.6 Å². The van der Waals surface area contributed by atoms with Gasteiger partial charge in [-0.2, -0.15) is 0 Å². The van der Waals surface area contributed by atoms with Crippen molar-refractivity contribution in [1.82, 2.24) is 0 Å². The van der Waals surface area contributed by atoms with Crippen LogP contribution in [-0.4, -0.2) is 7.11 Å². The molecule has 1 aliphatic carbocycles. The molecular weight excluding hydrogens is 136 g/mol. The van der Waals surface area contributed by atoms with Crippen LogP contribution < -0.4 is 0 Å². The van der Waals surface area contributed by atoms with E-state index in [0.717, 1.165) is 12.2 Å². The molecule has 0 fully saturated rings. The summed E-state index contributed by atoms with van der Waals surface area (Å²) in [4.78, 5) is 0. The summed E-state index contributed by atoms with van der Waals surface area (Å²) in [5.74, 6) is 1.84. The van der Waals surface area contributed by atoms with Gasteiger partial charge in [0.2, 0.25) is 0 Å². The van der Waals surface area contributed by atoms with Gasteiger partial charge in [-0.1, -0.05) is 20.8 Å². The first kappa shape index (κ1) is 8.63. The van der Waals surface area contributed by atoms with E-state index in [1.54, 1.807) is 7.11 Å². The number of ether oxygens (including phenoxy) is 1. The molecule has 1 heteroatoms. The van der Waals surface area contributed by atoms with Gasteiger partial charge in [0.25, 0.3) is 0 Å². The summed E-state index contributed by atoms with van der Waals surface area (Å²) in [6.07, 6.45) is 4.61. The number of allylic oxidation sites excluding steroid dienone is 2. The van der Waals surface area contributed by atoms with Crippen LogP contribution in [0.15, 0.2) is 11.8 Å². The lowest BCUT2D eigenvalue weighted by Crippen LogP contribution is -2.20. The summed E-state index contributed by atoms with van der Waals surface area (Å²) in [5, 5.41) is 0. The standard InChI is InChI=1S/C10H18O/c1-8-5-9(11-4)7-10(2,3)6-8/h5,8H,6-7H2,1-4H3. The second kappa shape index (κ2) is 2.88. The zero-order valence-electron chi connectivity index (χ0n) is 7.98. The summed E-state index contributed by atoms with van der Waals surface area (Å²) >= 11 is 0. The fourth-order valence-electron chi connectivity index (χ4n) is 1.99. The highest BCUT2D eigenvalue weighted by Crippen LogP contribution is 2.37. The van der Waals surface area contributed by atoms with E-state index in [0.29, 0.717) is 11.3 Å². The maximum atomic E-state index is 5.26. The quantitative estimate of drug-likeness (QED) is 0.564. The normalized spacial score (nSPS) is 29.5. The van der Waals surface area contributed by atoms with Gasteiger partial charge in [-0.05, 0) is 23.8 Å². The Balaban J connectivity index is 2.70. The van der Waals surface area contributed by atoms with Crippen LogP contribution in [0.2, 0.25) is 0 Å². The van der Waals surface area contributed by atoms with Crippen LogP contribution in [0, 0.1) is 11.3 Å². The predicted molar refractivity (Wildman–Crippen MR) is 47.3 cm³/mol. The highest BCUT2D eigenvalue weighted by molar-refractivity contribution is 5.05. The van der Waals surface area contributed by atoms with Gasteiger partial charge in [-0.3, -0.25) is 0 Å². The van der Waals surface area contributed by atoms with Crippen LogP contribution in [0.1, 0.15) is 33.6 Å². The monoisotopic (exact) mass is 154 g/mol. The van der Waals surface area contributed by atoms with Crippen molar-refractivity contribution in [2.24, 2.45) is 11.3 Å². The van der Waals surface area contributed by atoms with Gasteiger partial charge < -0.3 is 4.74 Å². The van der Waals surface area contributed by atoms with E-state index in [-0.39, 0.29) is 0 Å². The molecule has 1 rings (SSSR count). The van der Waals surface area contributed by atoms with E-state index in [2.05, 4.69) is 26.8 Å². The van der Waals surface area contributed by atoms with Crippen molar-refractivity contribution in [3.05, 3.63) is 11.8 Å². The van der Waals surface area contributed by atoms with E-state index in [1.165, 1.54) is 6.42 Å². The molecule has 1 unspecified atom stereocenters. The van der Waals surface area contributed by atoms with Gasteiger partial charge in [-0.25, -0.2) is 0 Å². The Labute approximate surface area is 69.4 Å². The number of hydrogen-bond donors (Lipinski definition) is 0. The molecule has 0 aromatic heterocycles. The lowest BCUT2D eigenvalue weighted by atomic mass is 9.76. The molecule has 0 N–H and O–H groups in total. The van der Waals surface area contributed by atoms with Crippen molar-refractivity contribution in [3.8, 4) is 0 Å². The fourth-order valence-corrected chi connectivity index (χ4v) is 1.99. The third-order valence-electron chi connectivity index (χ3n) is 2.26. The molecule has 0 aromatic rings. The maximum Gasteiger partial charge on any atom is 0.0923 e. The van der Waals surface area contributed by atoms with E-state index < -0.39 is 0 Å². The molecule has 0 saturated carbocycles. The first-order valence-corrected chi connectivity index (χ1v) is 4.28. The SMILES string of the molecule is COC1=CC(C)CC(C)(C)C1. The summed E-state index contributed by atoms with van der Waals surface area (Å²) in [7, 11) is 1.76. The van der Waals surface area contributed by atoms with Gasteiger partial charge in [0.05, 0.1) is 12.9 Å². The van der Waals surface area contributed by atoms with Crippen molar-refractivity contribution in [2.75, 3.05) is 7.11 Å². The molecular formula is C10H18O. The van der Waals surface area contributed by atoms with E-state index in [1.807, 2.05) is 0 Å². The largest absolute Gasteiger partial charge is 0.501 e. The molecule has 64 valence electrons. The Morgan fingerprint density at radius 3 is 2.64 bits per heavy atom. The van der Waals surface area contributed by atoms with Gasteiger partial charge in [0.1, 0.15) is 0 Å². The molecule has 1 aliphatic rings. The summed E-state index contributed by atoms with van der Waals surface area (Å²) in [6.45, 7) is 6.85. The van der Waals surface area contributed by atoms with E-state index in [4.69, 9.17) is 4.74 Å². The summed E-state index contributed by atoms with van der Waals surface area (Å²) < 4.78 is 5.26. The fraction of sp³-hybridized carbons (Fsp3) is 0.800. The number of rotatable bonds is 1. The molecule has 1 nitrogen and oxygen atoms in total. The van der Waals surface area contributed by atoms with Crippen molar-refractivity contribution >= 4 is 0 Å². The zero-order chi connectivity index (χ0) is 8.48. The lowest BCUT2D eigenvalue weighted by Gasteiger charge is -2.32. The minimum atomic E-state index is 0.430. The van der Waals surface area contributed by atoms with Crippen molar-refractivity contribution in [3.63, 3.8) is 0 Å². The van der Waals surface area contributed by atoms with Crippen molar-refractivity contribution < 1.29 is 4.74 Å². The van der Waals surface area contributed by atoms with Gasteiger partial charge in [-0.15, -0.1) is 0 Å². The van der Waals surface area contributed by atoms with Crippen LogP contribution in [0.4, 0.5) is 0 Å².